The summed E-state index contributed by atoms with van der Waals surface area (Å²) in [5.41, 5.74) is 2.35. The van der Waals surface area contributed by atoms with Gasteiger partial charge in [-0.15, -0.1) is 0 Å². The highest BCUT2D eigenvalue weighted by Gasteiger charge is 2.29. The van der Waals surface area contributed by atoms with Gasteiger partial charge in [0.15, 0.2) is 0 Å². The van der Waals surface area contributed by atoms with Crippen LogP contribution in [0, 0.1) is 20.2 Å². The minimum Gasteiger partial charge on any atom is -0.462 e. The molecule has 0 fully saturated rings. The fourth-order valence-electron chi connectivity index (χ4n) is 3.09. The quantitative estimate of drug-likeness (QED) is 0.285. The van der Waals surface area contributed by atoms with Gasteiger partial charge in [-0.2, -0.15) is 0 Å². The summed E-state index contributed by atoms with van der Waals surface area (Å²) < 4.78 is 5.24. The van der Waals surface area contributed by atoms with E-state index in [4.69, 9.17) is 4.74 Å². The molecule has 8 heteroatoms. The second-order valence-electron chi connectivity index (χ2n) is 6.05. The van der Waals surface area contributed by atoms with Crippen LogP contribution in [0.1, 0.15) is 41.3 Å². The van der Waals surface area contributed by atoms with Crippen molar-refractivity contribution in [3.05, 3.63) is 67.3 Å². The second-order valence-corrected chi connectivity index (χ2v) is 6.05. The van der Waals surface area contributed by atoms with Crippen LogP contribution in [0.2, 0.25) is 0 Å². The molecule has 2 aromatic carbocycles. The largest absolute Gasteiger partial charge is 0.462 e. The Bertz CT molecular complexity index is 922. The maximum atomic E-state index is 12.5. The molecular formula is C18H16N2O6. The molecule has 0 amide bonds. The number of non-ortho nitro benzene ring substituents is 2. The van der Waals surface area contributed by atoms with Crippen LogP contribution < -0.4 is 0 Å². The molecule has 0 aliphatic heterocycles. The molecule has 0 radical (unpaired) electrons. The van der Waals surface area contributed by atoms with Crippen molar-refractivity contribution in [1.82, 2.24) is 0 Å². The molecule has 134 valence electrons. The fraction of sp³-hybridized carbons (Fsp3) is 0.278. The van der Waals surface area contributed by atoms with E-state index in [1.165, 1.54) is 24.3 Å². The Hall–Kier alpha value is -3.29. The first-order chi connectivity index (χ1) is 12.4. The molecule has 0 bridgehead atoms. The van der Waals surface area contributed by atoms with E-state index in [9.17, 15) is 25.0 Å². The zero-order chi connectivity index (χ0) is 18.8. The van der Waals surface area contributed by atoms with Crippen LogP contribution in [0.3, 0.4) is 0 Å². The van der Waals surface area contributed by atoms with Crippen LogP contribution in [0.4, 0.5) is 11.4 Å². The van der Waals surface area contributed by atoms with Crippen LogP contribution in [0.25, 0.3) is 11.1 Å². The summed E-state index contributed by atoms with van der Waals surface area (Å²) in [5, 5.41) is 22.2. The summed E-state index contributed by atoms with van der Waals surface area (Å²) in [7, 11) is 0. The zero-order valence-corrected chi connectivity index (χ0v) is 14.1. The standard InChI is InChI=1S/C18H16N2O6/c1-2-3-6-26-18(21)16-10-14(20(24)25)9-12-7-11-8-13(19(22)23)4-5-15(11)17(12)16/h4-5,8-10H,2-3,6-7H2,1H3. The van der Waals surface area contributed by atoms with Gasteiger partial charge in [-0.25, -0.2) is 4.79 Å². The number of hydrogen-bond acceptors (Lipinski definition) is 6. The summed E-state index contributed by atoms with van der Waals surface area (Å²) >= 11 is 0. The minimum absolute atomic E-state index is 0.0573. The first-order valence-electron chi connectivity index (χ1n) is 8.18. The number of rotatable bonds is 6. The summed E-state index contributed by atoms with van der Waals surface area (Å²) in [6, 6.07) is 7.00. The first kappa shape index (κ1) is 17.5. The van der Waals surface area contributed by atoms with Gasteiger partial charge in [0.05, 0.1) is 22.0 Å². The van der Waals surface area contributed by atoms with Crippen LogP contribution in [-0.2, 0) is 11.2 Å². The normalized spacial score (nSPS) is 11.6. The number of benzene rings is 2. The lowest BCUT2D eigenvalue weighted by atomic mass is 9.98. The Morgan fingerprint density at radius 1 is 1.08 bits per heavy atom. The molecule has 0 saturated heterocycles. The summed E-state index contributed by atoms with van der Waals surface area (Å²) in [6.07, 6.45) is 1.85. The molecule has 0 atom stereocenters. The minimum atomic E-state index is -0.621. The Morgan fingerprint density at radius 3 is 2.42 bits per heavy atom. The Balaban J connectivity index is 2.09. The van der Waals surface area contributed by atoms with Gasteiger partial charge in [0.1, 0.15) is 0 Å². The maximum Gasteiger partial charge on any atom is 0.339 e. The number of nitrogens with zero attached hydrogens (tertiary/aromatic N) is 2. The smallest absolute Gasteiger partial charge is 0.339 e. The third-order valence-electron chi connectivity index (χ3n) is 4.32. The topological polar surface area (TPSA) is 113 Å². The van der Waals surface area contributed by atoms with E-state index in [1.807, 2.05) is 6.92 Å². The van der Waals surface area contributed by atoms with Crippen molar-refractivity contribution in [3.63, 3.8) is 0 Å². The molecule has 26 heavy (non-hydrogen) atoms. The number of nitro groups is 2. The Kier molecular flexibility index (Phi) is 4.66. The number of ether oxygens (including phenoxy) is 1. The third-order valence-corrected chi connectivity index (χ3v) is 4.32. The number of carbonyl (C=O) groups excluding carboxylic acids is 1. The molecule has 1 aliphatic carbocycles. The van der Waals surface area contributed by atoms with E-state index in [2.05, 4.69) is 0 Å². The zero-order valence-electron chi connectivity index (χ0n) is 14.1. The van der Waals surface area contributed by atoms with E-state index in [1.54, 1.807) is 6.07 Å². The van der Waals surface area contributed by atoms with Crippen molar-refractivity contribution < 1.29 is 19.4 Å². The average molecular weight is 356 g/mol. The van der Waals surface area contributed by atoms with Gasteiger partial charge < -0.3 is 4.74 Å². The van der Waals surface area contributed by atoms with Crippen molar-refractivity contribution in [2.75, 3.05) is 6.61 Å². The second kappa shape index (κ2) is 6.91. The van der Waals surface area contributed by atoms with Crippen molar-refractivity contribution in [3.8, 4) is 11.1 Å². The summed E-state index contributed by atoms with van der Waals surface area (Å²) in [5.74, 6) is -0.621. The number of esters is 1. The lowest BCUT2D eigenvalue weighted by Crippen LogP contribution is -2.09. The van der Waals surface area contributed by atoms with Crippen LogP contribution in [-0.4, -0.2) is 22.4 Å². The fourth-order valence-corrected chi connectivity index (χ4v) is 3.09. The molecule has 8 nitrogen and oxygen atoms in total. The average Bonchev–Trinajstić information content (AvgIpc) is 2.98. The van der Waals surface area contributed by atoms with Gasteiger partial charge in [-0.05, 0) is 35.6 Å². The maximum absolute atomic E-state index is 12.5. The lowest BCUT2D eigenvalue weighted by molar-refractivity contribution is -0.385. The van der Waals surface area contributed by atoms with Gasteiger partial charge in [-0.1, -0.05) is 13.3 Å². The van der Waals surface area contributed by atoms with E-state index >= 15 is 0 Å². The molecular weight excluding hydrogens is 340 g/mol. The summed E-state index contributed by atoms with van der Waals surface area (Å²) in [4.78, 5) is 33.6. The van der Waals surface area contributed by atoms with E-state index in [0.717, 1.165) is 6.42 Å². The summed E-state index contributed by atoms with van der Waals surface area (Å²) in [6.45, 7) is 2.20. The monoisotopic (exact) mass is 356 g/mol. The van der Waals surface area contributed by atoms with Crippen molar-refractivity contribution >= 4 is 17.3 Å². The highest BCUT2D eigenvalue weighted by atomic mass is 16.6. The molecule has 0 unspecified atom stereocenters. The molecule has 3 rings (SSSR count). The molecule has 2 aromatic rings. The van der Waals surface area contributed by atoms with E-state index < -0.39 is 15.8 Å². The Labute approximate surface area is 148 Å². The van der Waals surface area contributed by atoms with Crippen LogP contribution >= 0.6 is 0 Å². The van der Waals surface area contributed by atoms with Crippen molar-refractivity contribution in [2.24, 2.45) is 0 Å². The highest BCUT2D eigenvalue weighted by Crippen LogP contribution is 2.42. The predicted molar refractivity (Wildman–Crippen MR) is 93.2 cm³/mol. The third kappa shape index (κ3) is 3.13. The molecule has 0 saturated carbocycles. The first-order valence-corrected chi connectivity index (χ1v) is 8.18. The van der Waals surface area contributed by atoms with Crippen LogP contribution in [0.5, 0.6) is 0 Å². The number of hydrogen-bond donors (Lipinski definition) is 0. The lowest BCUT2D eigenvalue weighted by Gasteiger charge is -2.10. The number of unbranched alkanes of at least 4 members (excludes halogenated alkanes) is 1. The molecule has 1 aliphatic rings. The number of fused-ring (bicyclic) bond motifs is 3. The highest BCUT2D eigenvalue weighted by molar-refractivity contribution is 6.01. The van der Waals surface area contributed by atoms with Gasteiger partial charge >= 0.3 is 5.97 Å². The van der Waals surface area contributed by atoms with Crippen LogP contribution in [0.15, 0.2) is 30.3 Å². The molecule has 0 aromatic heterocycles. The number of carbonyl (C=O) groups is 1. The van der Waals surface area contributed by atoms with Crippen molar-refractivity contribution in [1.29, 1.82) is 0 Å². The molecule has 0 N–H and O–H groups in total. The van der Waals surface area contributed by atoms with Crippen molar-refractivity contribution in [2.45, 2.75) is 26.2 Å². The Morgan fingerprint density at radius 2 is 1.77 bits per heavy atom. The molecule has 0 spiro atoms. The number of nitro benzene ring substituents is 2. The molecule has 0 heterocycles. The van der Waals surface area contributed by atoms with Gasteiger partial charge in [0, 0.05) is 29.8 Å². The SMILES string of the molecule is CCCCOC(=O)c1cc([N+](=O)[O-])cc2c1-c1ccc([N+](=O)[O-])cc1C2. The van der Waals surface area contributed by atoms with E-state index in [-0.39, 0.29) is 23.5 Å². The predicted octanol–water partition coefficient (Wildman–Crippen LogP) is 4.03. The van der Waals surface area contributed by atoms with Gasteiger partial charge in [0.2, 0.25) is 0 Å². The van der Waals surface area contributed by atoms with Gasteiger partial charge in [0.25, 0.3) is 11.4 Å². The van der Waals surface area contributed by atoms with Gasteiger partial charge in [-0.3, -0.25) is 20.2 Å². The van der Waals surface area contributed by atoms with E-state index in [0.29, 0.717) is 35.1 Å².